The van der Waals surface area contributed by atoms with E-state index in [0.29, 0.717) is 3.63 Å². The van der Waals surface area contributed by atoms with Gasteiger partial charge >= 0.3 is 87.4 Å². The largest absolute Gasteiger partial charge is 0.147 e. The summed E-state index contributed by atoms with van der Waals surface area (Å²) in [7, 11) is 1.70. The Kier molecular flexibility index (Phi) is 6.04. The first-order chi connectivity index (χ1) is 5.81. The Morgan fingerprint density at radius 2 is 2.00 bits per heavy atom. The molecule has 0 amide bonds. The van der Waals surface area contributed by atoms with Crippen molar-refractivity contribution in [1.82, 2.24) is 0 Å². The third kappa shape index (κ3) is 2.62. The molecule has 0 heterocycles. The Labute approximate surface area is 112 Å². The molecule has 0 fully saturated rings. The van der Waals surface area contributed by atoms with Gasteiger partial charge < -0.3 is 0 Å². The van der Waals surface area contributed by atoms with Crippen molar-refractivity contribution < 1.29 is 29.5 Å². The normalized spacial score (nSPS) is 16.4. The molecular formula is C10H11Cl2OZr. The van der Waals surface area contributed by atoms with Crippen molar-refractivity contribution in [2.75, 3.05) is 7.11 Å². The molecular weight excluding hydrogens is 298 g/mol. The van der Waals surface area contributed by atoms with Crippen LogP contribution < -0.4 is 4.74 Å². The van der Waals surface area contributed by atoms with Crippen LogP contribution in [0, 0.1) is 0 Å². The van der Waals surface area contributed by atoms with E-state index in [9.17, 15) is 0 Å². The van der Waals surface area contributed by atoms with E-state index in [2.05, 4.69) is 24.3 Å². The van der Waals surface area contributed by atoms with Crippen molar-refractivity contribution in [2.45, 2.75) is 3.63 Å². The number of hydrogen-bond acceptors (Lipinski definition) is 1. The molecule has 1 aliphatic rings. The first-order valence-electron chi connectivity index (χ1n) is 3.88. The molecule has 0 N–H and O–H groups in total. The summed E-state index contributed by atoms with van der Waals surface area (Å²) in [5.41, 5.74) is 2.75. The Balaban J connectivity index is 0.000000845. The zero-order chi connectivity index (χ0) is 8.55. The third-order valence-corrected chi connectivity index (χ3v) is 3.33. The average Bonchev–Trinajstić information content (AvgIpc) is 2.47. The first-order valence-corrected chi connectivity index (χ1v) is 5.30. The van der Waals surface area contributed by atoms with Crippen molar-refractivity contribution in [3.8, 4) is 5.75 Å². The molecule has 1 atom stereocenters. The zero-order valence-electron chi connectivity index (χ0n) is 7.69. The van der Waals surface area contributed by atoms with Gasteiger partial charge in [0.05, 0.1) is 0 Å². The van der Waals surface area contributed by atoms with Gasteiger partial charge in [-0.15, -0.1) is 24.8 Å². The topological polar surface area (TPSA) is 9.23 Å². The molecule has 0 saturated heterocycles. The summed E-state index contributed by atoms with van der Waals surface area (Å²) in [5, 5.41) is 0. The van der Waals surface area contributed by atoms with Gasteiger partial charge in [-0.1, -0.05) is 0 Å². The second-order valence-electron chi connectivity index (χ2n) is 2.83. The molecule has 0 aromatic heterocycles. The van der Waals surface area contributed by atoms with Gasteiger partial charge in [-0.3, -0.25) is 0 Å². The van der Waals surface area contributed by atoms with E-state index in [1.807, 2.05) is 6.07 Å². The Hall–Kier alpha value is 0.223. The number of hydrogen-bond donors (Lipinski definition) is 0. The minimum absolute atomic E-state index is 0. The summed E-state index contributed by atoms with van der Waals surface area (Å²) in [6, 6.07) is 6.28. The molecule has 2 rings (SSSR count). The summed E-state index contributed by atoms with van der Waals surface area (Å²) in [6.45, 7) is 0. The van der Waals surface area contributed by atoms with Crippen LogP contribution in [-0.4, -0.2) is 7.11 Å². The minimum Gasteiger partial charge on any atom is -0.147 e. The van der Waals surface area contributed by atoms with Crippen LogP contribution in [0.5, 0.6) is 5.75 Å². The summed E-state index contributed by atoms with van der Waals surface area (Å²) in [6.07, 6.45) is 4.43. The van der Waals surface area contributed by atoms with E-state index in [1.165, 1.54) is 11.1 Å². The van der Waals surface area contributed by atoms with Crippen LogP contribution in [0.1, 0.15) is 14.8 Å². The molecule has 4 heteroatoms. The third-order valence-electron chi connectivity index (χ3n) is 2.10. The van der Waals surface area contributed by atoms with Crippen LogP contribution >= 0.6 is 24.8 Å². The van der Waals surface area contributed by atoms with Gasteiger partial charge in [-0.25, -0.2) is 0 Å². The van der Waals surface area contributed by atoms with Gasteiger partial charge in [0.25, 0.3) is 0 Å². The Morgan fingerprint density at radius 3 is 2.64 bits per heavy atom. The number of rotatable bonds is 1. The molecule has 0 saturated carbocycles. The summed E-state index contributed by atoms with van der Waals surface area (Å²) in [4.78, 5) is 0. The predicted octanol–water partition coefficient (Wildman–Crippen LogP) is 3.15. The fourth-order valence-electron chi connectivity index (χ4n) is 1.41. The predicted molar refractivity (Wildman–Crippen MR) is 59.3 cm³/mol. The summed E-state index contributed by atoms with van der Waals surface area (Å²) < 4.78 is 5.80. The standard InChI is InChI=1S/C10H9O.2ClH.Zr/c1-11-10-6-5-8-3-2-4-9(8)7-10;;;/h2-7H,1H3;2*1H;. The number of methoxy groups -OCH3 is 1. The maximum atomic E-state index is 5.15. The quantitative estimate of drug-likeness (QED) is 0.774. The van der Waals surface area contributed by atoms with Crippen LogP contribution in [0.15, 0.2) is 24.3 Å². The summed E-state index contributed by atoms with van der Waals surface area (Å²) >= 11 is 1.55. The molecule has 1 aromatic rings. The molecule has 75 valence electrons. The molecule has 0 radical (unpaired) electrons. The SMILES string of the molecule is COc1ccc2c(c1)C=C[C@@H]2[Zr].Cl.Cl. The van der Waals surface area contributed by atoms with Crippen molar-refractivity contribution in [2.24, 2.45) is 0 Å². The fraction of sp³-hybridized carbons (Fsp3) is 0.200. The van der Waals surface area contributed by atoms with Gasteiger partial charge in [0, 0.05) is 0 Å². The van der Waals surface area contributed by atoms with Gasteiger partial charge in [0.2, 0.25) is 0 Å². The zero-order valence-corrected chi connectivity index (χ0v) is 11.8. The minimum atomic E-state index is 0. The molecule has 1 nitrogen and oxygen atoms in total. The number of benzene rings is 1. The van der Waals surface area contributed by atoms with E-state index in [0.717, 1.165) is 5.75 Å². The van der Waals surface area contributed by atoms with Crippen molar-refractivity contribution in [3.05, 3.63) is 35.4 Å². The van der Waals surface area contributed by atoms with E-state index in [4.69, 9.17) is 4.74 Å². The van der Waals surface area contributed by atoms with Gasteiger partial charge in [-0.2, -0.15) is 0 Å². The van der Waals surface area contributed by atoms with Gasteiger partial charge in [0.15, 0.2) is 0 Å². The fourth-order valence-corrected chi connectivity index (χ4v) is 2.29. The monoisotopic (exact) mass is 307 g/mol. The van der Waals surface area contributed by atoms with Crippen LogP contribution in [0.25, 0.3) is 6.08 Å². The van der Waals surface area contributed by atoms with E-state index in [1.54, 1.807) is 31.8 Å². The molecule has 0 unspecified atom stereocenters. The van der Waals surface area contributed by atoms with Crippen molar-refractivity contribution in [3.63, 3.8) is 0 Å². The molecule has 0 spiro atoms. The smallest absolute Gasteiger partial charge is 0.147 e. The Morgan fingerprint density at radius 1 is 1.29 bits per heavy atom. The number of allylic oxidation sites excluding steroid dienone is 1. The van der Waals surface area contributed by atoms with Gasteiger partial charge in [-0.05, 0) is 0 Å². The van der Waals surface area contributed by atoms with Crippen LogP contribution in [0.4, 0.5) is 0 Å². The van der Waals surface area contributed by atoms with Crippen molar-refractivity contribution in [1.29, 1.82) is 0 Å². The van der Waals surface area contributed by atoms with Crippen molar-refractivity contribution >= 4 is 30.9 Å². The van der Waals surface area contributed by atoms with Gasteiger partial charge in [0.1, 0.15) is 0 Å². The first kappa shape index (κ1) is 14.2. The second kappa shape index (κ2) is 5.95. The second-order valence-corrected chi connectivity index (χ2v) is 4.36. The molecule has 14 heavy (non-hydrogen) atoms. The van der Waals surface area contributed by atoms with Crippen LogP contribution in [0.3, 0.4) is 0 Å². The van der Waals surface area contributed by atoms with E-state index < -0.39 is 0 Å². The van der Waals surface area contributed by atoms with Crippen LogP contribution in [-0.2, 0) is 24.7 Å². The van der Waals surface area contributed by atoms with E-state index >= 15 is 0 Å². The average molecular weight is 309 g/mol. The maximum absolute atomic E-state index is 5.15. The number of fused-ring (bicyclic) bond motifs is 1. The molecule has 0 bridgehead atoms. The molecule has 1 aromatic carbocycles. The number of halogens is 2. The van der Waals surface area contributed by atoms with E-state index in [-0.39, 0.29) is 24.8 Å². The Bertz CT molecular complexity index is 339. The van der Waals surface area contributed by atoms with Crippen LogP contribution in [0.2, 0.25) is 0 Å². The molecule has 0 aliphatic heterocycles. The molecule has 1 aliphatic carbocycles. The number of ether oxygens (including phenoxy) is 1. The summed E-state index contributed by atoms with van der Waals surface area (Å²) in [5.74, 6) is 0.948. The maximum Gasteiger partial charge on any atom is -0.147 e.